The van der Waals surface area contributed by atoms with E-state index in [0.717, 1.165) is 0 Å². The van der Waals surface area contributed by atoms with E-state index in [1.807, 2.05) is 0 Å². The molecule has 0 saturated heterocycles. The molecular weight excluding hydrogens is 500 g/mol. The predicted octanol–water partition coefficient (Wildman–Crippen LogP) is -9.00. The summed E-state index contributed by atoms with van der Waals surface area (Å²) in [4.78, 5) is 51.1. The van der Waals surface area contributed by atoms with Crippen LogP contribution in [0.4, 0.5) is 0 Å². The number of hydrogen-bond donors (Lipinski definition) is 0. The zero-order valence-electron chi connectivity index (χ0n) is 7.81. The van der Waals surface area contributed by atoms with Crippen molar-refractivity contribution in [2.45, 2.75) is 0 Å². The van der Waals surface area contributed by atoms with Crippen molar-refractivity contribution in [1.82, 2.24) is 0 Å². The van der Waals surface area contributed by atoms with Crippen LogP contribution in [0.3, 0.4) is 0 Å². The van der Waals surface area contributed by atoms with Crippen molar-refractivity contribution in [3.63, 3.8) is 0 Å². The van der Waals surface area contributed by atoms with Crippen LogP contribution < -0.4 is 28.8 Å². The largest absolute Gasteiger partial charge is 3.00 e. The molecule has 0 saturated carbocycles. The van der Waals surface area contributed by atoms with Crippen molar-refractivity contribution in [3.8, 4) is 0 Å². The molecule has 19 heavy (non-hydrogen) atoms. The summed E-state index contributed by atoms with van der Waals surface area (Å²) >= 11 is 0. The minimum atomic E-state index is -3.63. The topological polar surface area (TPSA) is 275 Å². The van der Waals surface area contributed by atoms with E-state index in [1.165, 1.54) is 0 Å². The molecule has 19 heteroatoms. The normalized spacial score (nSPS) is 3.79. The van der Waals surface area contributed by atoms with Crippen molar-refractivity contribution in [3.05, 3.63) is 0 Å². The molecule has 0 aliphatic carbocycles. The Morgan fingerprint density at radius 2 is 0.421 bits per heavy atom. The molecule has 0 amide bonds. The monoisotopic (exact) mass is 500 g/mol. The van der Waals surface area contributed by atoms with E-state index in [-0.39, 0.29) is 84.7 Å². The maximum Gasteiger partial charge on any atom is 3.00 e. The molecule has 0 fully saturated rings. The van der Waals surface area contributed by atoms with Gasteiger partial charge >= 0.3 is 68.3 Å². The second kappa shape index (κ2) is 62.0. The summed E-state index contributed by atoms with van der Waals surface area (Å²) in [5.74, 6) is 0. The van der Waals surface area contributed by atoms with E-state index in [9.17, 15) is 0 Å². The Balaban J connectivity index is -0.00000000675. The first-order valence-electron chi connectivity index (χ1n) is 1.84. The van der Waals surface area contributed by atoms with Crippen molar-refractivity contribution in [1.29, 1.82) is 0 Å². The van der Waals surface area contributed by atoms with Gasteiger partial charge in [0.25, 0.3) is 0 Å². The molecule has 0 aliphatic rings. The molecule has 0 aromatic carbocycles. The molecule has 12 nitrogen and oxygen atoms in total. The Kier molecular flexibility index (Phi) is 238. The van der Waals surface area contributed by atoms with Gasteiger partial charge in [-0.2, -0.15) is 0 Å². The van der Waals surface area contributed by atoms with Crippen LogP contribution in [0.5, 0.6) is 0 Å². The molecule has 0 aromatic heterocycles. The van der Waals surface area contributed by atoms with Crippen LogP contribution in [0.1, 0.15) is 0 Å². The minimum Gasteiger partial charge on any atom is -2.00 e. The summed E-state index contributed by atoms with van der Waals surface area (Å²) in [5, 5.41) is 0. The fourth-order valence-electron chi connectivity index (χ4n) is 0. The van der Waals surface area contributed by atoms with E-state index in [2.05, 4.69) is 0 Å². The van der Waals surface area contributed by atoms with Gasteiger partial charge in [-0.1, -0.05) is 0 Å². The van der Waals surface area contributed by atoms with Gasteiger partial charge in [-0.15, -0.1) is 0 Å². The first kappa shape index (κ1) is 72.8. The van der Waals surface area contributed by atoms with Crippen molar-refractivity contribution in [2.24, 2.45) is 0 Å². The van der Waals surface area contributed by atoms with E-state index in [1.54, 1.807) is 0 Å². The zero-order valence-corrected chi connectivity index (χ0v) is 15.2. The minimum absolute atomic E-state index is 0. The third kappa shape index (κ3) is 8130. The molecule has 4 radical (unpaired) electrons. The van der Waals surface area contributed by atoms with Gasteiger partial charge in [-0.05, 0) is 0 Å². The molecule has 0 bridgehead atoms. The number of hydrogen-bond acceptors (Lipinski definition) is 9. The number of rotatable bonds is 0. The predicted molar refractivity (Wildman–Crippen MR) is 21.4 cm³/mol. The average Bonchev–Trinajstić information content (AvgIpc) is 1.54. The smallest absolute Gasteiger partial charge is 2.00 e. The molecular formula is Fe4O12Si3. The van der Waals surface area contributed by atoms with E-state index < -0.39 is 27.5 Å². The fourth-order valence-corrected chi connectivity index (χ4v) is 0. The van der Waals surface area contributed by atoms with Gasteiger partial charge in [-0.3, -0.25) is 0 Å². The fraction of sp³-hybridized carbons (Fsp3) is 0. The van der Waals surface area contributed by atoms with Gasteiger partial charge in [0.2, 0.25) is 0 Å². The van der Waals surface area contributed by atoms with Crippen LogP contribution in [0.15, 0.2) is 0 Å². The average molecular weight is 500 g/mol. The zero-order chi connectivity index (χ0) is 10.7. The van der Waals surface area contributed by atoms with Gasteiger partial charge < -0.3 is 58.6 Å². The first-order valence-corrected chi connectivity index (χ1v) is 5.51. The second-order valence-electron chi connectivity index (χ2n) is 0.750. The summed E-state index contributed by atoms with van der Waals surface area (Å²) in [6.45, 7) is 0. The third-order valence-electron chi connectivity index (χ3n) is 0. The summed E-state index contributed by atoms with van der Waals surface area (Å²) < 4.78 is 25.6. The van der Waals surface area contributed by atoms with Crippen molar-refractivity contribution < 1.29 is 127 Å². The van der Waals surface area contributed by atoms with E-state index in [0.29, 0.717) is 0 Å². The summed E-state index contributed by atoms with van der Waals surface area (Å²) in [5.41, 5.74) is 0. The molecule has 0 heterocycles. The van der Waals surface area contributed by atoms with Crippen molar-refractivity contribution >= 4 is 27.5 Å². The SMILES string of the molecule is O=[Si]([O-])[O-].O=[Si]([O-])[O-].O=[Si]([O-])[O-].[Fe+3].[Fe+3].[Fe+3].[Fe+3].[O-2].[O-2].[O-2]. The van der Waals surface area contributed by atoms with Gasteiger partial charge in [0.15, 0.2) is 0 Å². The van der Waals surface area contributed by atoms with Crippen LogP contribution in [0.2, 0.25) is 0 Å². The molecule has 0 unspecified atom stereocenters. The summed E-state index contributed by atoms with van der Waals surface area (Å²) in [6.07, 6.45) is 0. The Hall–Kier alpha value is 0.809. The Morgan fingerprint density at radius 1 is 0.421 bits per heavy atom. The molecule has 0 N–H and O–H groups in total. The molecule has 0 rings (SSSR count). The van der Waals surface area contributed by atoms with Gasteiger partial charge in [0.1, 0.15) is 0 Å². The second-order valence-corrected chi connectivity index (χ2v) is 2.25. The molecule has 0 aromatic rings. The molecule has 116 valence electrons. The van der Waals surface area contributed by atoms with Crippen molar-refractivity contribution in [2.75, 3.05) is 0 Å². The van der Waals surface area contributed by atoms with Crippen LogP contribution in [-0.4, -0.2) is 27.5 Å². The maximum absolute atomic E-state index is 8.52. The van der Waals surface area contributed by atoms with Gasteiger partial charge in [0, 0.05) is 27.5 Å². The quantitative estimate of drug-likeness (QED) is 0.285. The maximum atomic E-state index is 8.52. The van der Waals surface area contributed by atoms with Gasteiger partial charge in [-0.25, -0.2) is 0 Å². The molecule has 0 atom stereocenters. The van der Waals surface area contributed by atoms with Crippen LogP contribution in [0, 0.1) is 0 Å². The van der Waals surface area contributed by atoms with Crippen LogP contribution in [-0.2, 0) is 98.1 Å². The molecule has 0 aliphatic heterocycles. The van der Waals surface area contributed by atoms with Crippen LogP contribution in [0.25, 0.3) is 0 Å². The van der Waals surface area contributed by atoms with Crippen LogP contribution >= 0.6 is 0 Å². The standard InChI is InChI=1S/4Fe.3O3Si.3O/c;;;;3*1-4(2)3;;;/q4*+3;6*-2. The van der Waals surface area contributed by atoms with Gasteiger partial charge in [0.05, 0.1) is 0 Å². The third-order valence-corrected chi connectivity index (χ3v) is 0. The summed E-state index contributed by atoms with van der Waals surface area (Å²) in [7, 11) is -10.9. The molecule has 0 spiro atoms. The Labute approximate surface area is 153 Å². The first-order chi connectivity index (χ1) is 5.20. The van der Waals surface area contributed by atoms with E-state index in [4.69, 9.17) is 42.2 Å². The van der Waals surface area contributed by atoms with E-state index >= 15 is 0 Å². The Morgan fingerprint density at radius 3 is 0.421 bits per heavy atom. The summed E-state index contributed by atoms with van der Waals surface area (Å²) in [6, 6.07) is 0. The Bertz CT molecular complexity index is 123.